The van der Waals surface area contributed by atoms with Gasteiger partial charge in [0.15, 0.2) is 11.5 Å². The van der Waals surface area contributed by atoms with Crippen molar-refractivity contribution in [2.75, 3.05) is 13.2 Å². The molecule has 2 aromatic carbocycles. The van der Waals surface area contributed by atoms with Gasteiger partial charge in [0, 0.05) is 24.4 Å². The number of amides is 1. The normalized spacial score (nSPS) is 13.1. The van der Waals surface area contributed by atoms with Gasteiger partial charge in [-0.25, -0.2) is 4.98 Å². The minimum absolute atomic E-state index is 0.161. The van der Waals surface area contributed by atoms with Crippen molar-refractivity contribution in [3.05, 3.63) is 75.7 Å². The summed E-state index contributed by atoms with van der Waals surface area (Å²) >= 11 is 1.61. The standard InChI is InChI=1S/C24H24N2O4S/c1-17-26-20(16-31-17)15-30-21-7-3-18(4-8-21)6-10-24(27)25-14-19-5-9-22-23(13-19)29-12-2-11-28-22/h3-10,13,16H,2,11-12,14-15H2,1H3,(H,25,27)/b10-6+. The van der Waals surface area contributed by atoms with E-state index in [1.807, 2.05) is 54.8 Å². The van der Waals surface area contributed by atoms with Crippen molar-refractivity contribution in [3.63, 3.8) is 0 Å². The first-order valence-electron chi connectivity index (χ1n) is 10.1. The van der Waals surface area contributed by atoms with Crippen molar-refractivity contribution in [1.82, 2.24) is 10.3 Å². The number of aromatic nitrogens is 1. The summed E-state index contributed by atoms with van der Waals surface area (Å²) in [5.41, 5.74) is 2.81. The lowest BCUT2D eigenvalue weighted by Crippen LogP contribution is -2.20. The molecular weight excluding hydrogens is 412 g/mol. The van der Waals surface area contributed by atoms with E-state index in [2.05, 4.69) is 10.3 Å². The molecule has 6 nitrogen and oxygen atoms in total. The van der Waals surface area contributed by atoms with Crippen LogP contribution in [0.3, 0.4) is 0 Å². The topological polar surface area (TPSA) is 69.7 Å². The number of nitrogens with one attached hydrogen (secondary N) is 1. The highest BCUT2D eigenvalue weighted by Crippen LogP contribution is 2.30. The highest BCUT2D eigenvalue weighted by Gasteiger charge is 2.10. The number of thiazole rings is 1. The minimum atomic E-state index is -0.161. The Morgan fingerprint density at radius 2 is 1.97 bits per heavy atom. The van der Waals surface area contributed by atoms with Gasteiger partial charge in [-0.3, -0.25) is 4.79 Å². The van der Waals surface area contributed by atoms with E-state index >= 15 is 0 Å². The predicted molar refractivity (Wildman–Crippen MR) is 121 cm³/mol. The number of carbonyl (C=O) groups is 1. The molecule has 0 atom stereocenters. The van der Waals surface area contributed by atoms with E-state index in [-0.39, 0.29) is 5.91 Å². The molecule has 0 saturated carbocycles. The molecule has 4 rings (SSSR count). The van der Waals surface area contributed by atoms with Gasteiger partial charge in [-0.15, -0.1) is 11.3 Å². The molecule has 0 aliphatic carbocycles. The summed E-state index contributed by atoms with van der Waals surface area (Å²) in [6.07, 6.45) is 4.16. The lowest BCUT2D eigenvalue weighted by atomic mass is 10.2. The summed E-state index contributed by atoms with van der Waals surface area (Å²) < 4.78 is 17.1. The van der Waals surface area contributed by atoms with Crippen molar-refractivity contribution in [1.29, 1.82) is 0 Å². The molecule has 0 saturated heterocycles. The number of rotatable bonds is 7. The summed E-state index contributed by atoms with van der Waals surface area (Å²) in [5, 5.41) is 5.92. The highest BCUT2D eigenvalue weighted by molar-refractivity contribution is 7.09. The molecule has 7 heteroatoms. The van der Waals surface area contributed by atoms with Crippen LogP contribution in [0.2, 0.25) is 0 Å². The van der Waals surface area contributed by atoms with Crippen LogP contribution in [-0.4, -0.2) is 24.1 Å². The van der Waals surface area contributed by atoms with Crippen LogP contribution in [0, 0.1) is 6.92 Å². The molecule has 1 aromatic heterocycles. The van der Waals surface area contributed by atoms with Gasteiger partial charge in [0.1, 0.15) is 12.4 Å². The van der Waals surface area contributed by atoms with Gasteiger partial charge in [-0.1, -0.05) is 18.2 Å². The van der Waals surface area contributed by atoms with Crippen molar-refractivity contribution < 1.29 is 19.0 Å². The second-order valence-corrected chi connectivity index (χ2v) is 8.16. The average molecular weight is 437 g/mol. The van der Waals surface area contributed by atoms with E-state index in [1.54, 1.807) is 17.4 Å². The fourth-order valence-corrected chi connectivity index (χ4v) is 3.64. The van der Waals surface area contributed by atoms with E-state index in [0.29, 0.717) is 26.4 Å². The van der Waals surface area contributed by atoms with Crippen LogP contribution in [0.1, 0.15) is 28.2 Å². The Kier molecular flexibility index (Phi) is 6.84. The number of carbonyl (C=O) groups excluding carboxylic acids is 1. The minimum Gasteiger partial charge on any atom is -0.490 e. The molecule has 0 spiro atoms. The van der Waals surface area contributed by atoms with Gasteiger partial charge in [0.2, 0.25) is 5.91 Å². The molecular formula is C24H24N2O4S. The van der Waals surface area contributed by atoms with Gasteiger partial charge in [0.05, 0.1) is 23.9 Å². The first kappa shape index (κ1) is 20.9. The molecule has 1 aliphatic heterocycles. The molecule has 1 N–H and O–H groups in total. The molecule has 160 valence electrons. The quantitative estimate of drug-likeness (QED) is 0.552. The van der Waals surface area contributed by atoms with Crippen LogP contribution >= 0.6 is 11.3 Å². The van der Waals surface area contributed by atoms with Crippen LogP contribution in [0.15, 0.2) is 53.9 Å². The van der Waals surface area contributed by atoms with Gasteiger partial charge in [-0.2, -0.15) is 0 Å². The lowest BCUT2D eigenvalue weighted by molar-refractivity contribution is -0.116. The molecule has 2 heterocycles. The Hall–Kier alpha value is -3.32. The third kappa shape index (κ3) is 6.08. The van der Waals surface area contributed by atoms with Gasteiger partial charge >= 0.3 is 0 Å². The number of hydrogen-bond acceptors (Lipinski definition) is 6. The van der Waals surface area contributed by atoms with Gasteiger partial charge < -0.3 is 19.5 Å². The smallest absolute Gasteiger partial charge is 0.244 e. The Morgan fingerprint density at radius 1 is 1.16 bits per heavy atom. The SMILES string of the molecule is Cc1nc(COc2ccc(/C=C/C(=O)NCc3ccc4c(c3)OCCCO4)cc2)cs1. The fraction of sp³-hybridized carbons (Fsp3) is 0.250. The zero-order chi connectivity index (χ0) is 21.5. The second kappa shape index (κ2) is 10.1. The Labute approximate surface area is 185 Å². The molecule has 1 amide bonds. The van der Waals surface area contributed by atoms with E-state index in [1.165, 1.54) is 6.08 Å². The van der Waals surface area contributed by atoms with Gasteiger partial charge in [-0.05, 0) is 48.4 Å². The maximum absolute atomic E-state index is 12.2. The van der Waals surface area contributed by atoms with Gasteiger partial charge in [0.25, 0.3) is 0 Å². The fourth-order valence-electron chi connectivity index (χ4n) is 3.04. The Balaban J connectivity index is 1.25. The van der Waals surface area contributed by atoms with Crippen molar-refractivity contribution >= 4 is 23.3 Å². The van der Waals surface area contributed by atoms with Crippen LogP contribution in [0.5, 0.6) is 17.2 Å². The number of aryl methyl sites for hydroxylation is 1. The summed E-state index contributed by atoms with van der Waals surface area (Å²) in [5.74, 6) is 2.08. The molecule has 0 bridgehead atoms. The van der Waals surface area contributed by atoms with Crippen LogP contribution in [0.25, 0.3) is 6.08 Å². The first-order valence-corrected chi connectivity index (χ1v) is 11.0. The van der Waals surface area contributed by atoms with Crippen molar-refractivity contribution in [2.24, 2.45) is 0 Å². The lowest BCUT2D eigenvalue weighted by Gasteiger charge is -2.09. The molecule has 0 fully saturated rings. The summed E-state index contributed by atoms with van der Waals surface area (Å²) in [7, 11) is 0. The van der Waals surface area contributed by atoms with Crippen LogP contribution in [-0.2, 0) is 17.9 Å². The average Bonchev–Trinajstić information content (AvgIpc) is 3.06. The number of hydrogen-bond donors (Lipinski definition) is 1. The van der Waals surface area contributed by atoms with Crippen molar-refractivity contribution in [3.8, 4) is 17.2 Å². The maximum atomic E-state index is 12.2. The van der Waals surface area contributed by atoms with E-state index in [0.717, 1.165) is 45.5 Å². The zero-order valence-corrected chi connectivity index (χ0v) is 18.1. The van der Waals surface area contributed by atoms with Crippen LogP contribution < -0.4 is 19.5 Å². The molecule has 31 heavy (non-hydrogen) atoms. The summed E-state index contributed by atoms with van der Waals surface area (Å²) in [6, 6.07) is 13.3. The second-order valence-electron chi connectivity index (χ2n) is 7.10. The highest BCUT2D eigenvalue weighted by atomic mass is 32.1. The number of ether oxygens (including phenoxy) is 3. The number of nitrogens with zero attached hydrogens (tertiary/aromatic N) is 1. The zero-order valence-electron chi connectivity index (χ0n) is 17.3. The third-order valence-electron chi connectivity index (χ3n) is 4.64. The summed E-state index contributed by atoms with van der Waals surface area (Å²) in [6.45, 7) is 4.14. The summed E-state index contributed by atoms with van der Waals surface area (Å²) in [4.78, 5) is 16.6. The third-order valence-corrected chi connectivity index (χ3v) is 5.46. The van der Waals surface area contributed by atoms with E-state index < -0.39 is 0 Å². The molecule has 0 unspecified atom stereocenters. The number of fused-ring (bicyclic) bond motifs is 1. The first-order chi connectivity index (χ1) is 15.2. The molecule has 3 aromatic rings. The van der Waals surface area contributed by atoms with Crippen molar-refractivity contribution in [2.45, 2.75) is 26.5 Å². The number of benzene rings is 2. The monoisotopic (exact) mass is 436 g/mol. The van der Waals surface area contributed by atoms with E-state index in [9.17, 15) is 4.79 Å². The van der Waals surface area contributed by atoms with Crippen LogP contribution in [0.4, 0.5) is 0 Å². The predicted octanol–water partition coefficient (Wildman–Crippen LogP) is 4.52. The van der Waals surface area contributed by atoms with E-state index in [4.69, 9.17) is 14.2 Å². The molecule has 0 radical (unpaired) electrons. The maximum Gasteiger partial charge on any atom is 0.244 e. The Morgan fingerprint density at radius 3 is 2.74 bits per heavy atom. The Bertz CT molecular complexity index is 1060. The largest absolute Gasteiger partial charge is 0.490 e. The molecule has 1 aliphatic rings.